The van der Waals surface area contributed by atoms with Crippen LogP contribution in [0.5, 0.6) is 0 Å². The number of rotatable bonds is 4. The van der Waals surface area contributed by atoms with Crippen LogP contribution >= 0.6 is 0 Å². The Kier molecular flexibility index (Phi) is 4.34. The Morgan fingerprint density at radius 3 is 2.36 bits per heavy atom. The summed E-state index contributed by atoms with van der Waals surface area (Å²) in [6.07, 6.45) is 3.20. The Labute approximate surface area is 86.4 Å². The topological polar surface area (TPSA) is 46.6 Å². The molecule has 1 saturated heterocycles. The van der Waals surface area contributed by atoms with E-state index in [4.69, 9.17) is 4.18 Å². The third kappa shape index (κ3) is 4.39. The molecular formula is C9H19NO3S. The van der Waals surface area contributed by atoms with Crippen LogP contribution in [-0.4, -0.2) is 45.8 Å². The summed E-state index contributed by atoms with van der Waals surface area (Å²) in [6, 6.07) is 0. The normalized spacial score (nSPS) is 21.3. The lowest BCUT2D eigenvalue weighted by Crippen LogP contribution is -2.35. The second kappa shape index (κ2) is 5.09. The van der Waals surface area contributed by atoms with Gasteiger partial charge in [0.25, 0.3) is 10.1 Å². The predicted molar refractivity (Wildman–Crippen MR) is 55.6 cm³/mol. The number of nitrogens with zero attached hydrogens (tertiary/aromatic N) is 1. The summed E-state index contributed by atoms with van der Waals surface area (Å²) in [5.74, 6) is 0.410. The molecule has 84 valence electrons. The molecule has 0 bridgehead atoms. The second-order valence-electron chi connectivity index (χ2n) is 3.87. The van der Waals surface area contributed by atoms with E-state index in [0.717, 1.165) is 38.7 Å². The van der Waals surface area contributed by atoms with E-state index in [1.165, 1.54) is 0 Å². The van der Waals surface area contributed by atoms with Gasteiger partial charge in [-0.05, 0) is 38.4 Å². The number of hydrogen-bond donors (Lipinski definition) is 0. The maximum Gasteiger partial charge on any atom is 0.264 e. The third-order valence-corrected chi connectivity index (χ3v) is 3.24. The molecule has 0 aromatic rings. The van der Waals surface area contributed by atoms with Gasteiger partial charge in [0, 0.05) is 0 Å². The van der Waals surface area contributed by atoms with Crippen molar-refractivity contribution in [2.75, 3.05) is 32.5 Å². The van der Waals surface area contributed by atoms with E-state index < -0.39 is 10.1 Å². The smallest absolute Gasteiger partial charge is 0.264 e. The van der Waals surface area contributed by atoms with Gasteiger partial charge >= 0.3 is 0 Å². The summed E-state index contributed by atoms with van der Waals surface area (Å²) in [6.45, 7) is 5.71. The SMILES string of the molecule is CCN1CCC(COS(C)(=O)=O)CC1. The quantitative estimate of drug-likeness (QED) is 0.655. The first-order valence-corrected chi connectivity index (χ1v) is 6.89. The van der Waals surface area contributed by atoms with Crippen LogP contribution in [0.3, 0.4) is 0 Å². The van der Waals surface area contributed by atoms with Gasteiger partial charge in [-0.2, -0.15) is 8.42 Å². The highest BCUT2D eigenvalue weighted by molar-refractivity contribution is 7.85. The Hall–Kier alpha value is -0.130. The number of likely N-dealkylation sites (tertiary alicyclic amines) is 1. The van der Waals surface area contributed by atoms with Gasteiger partial charge in [-0.1, -0.05) is 6.92 Å². The maximum atomic E-state index is 10.8. The largest absolute Gasteiger partial charge is 0.304 e. The summed E-state index contributed by atoms with van der Waals surface area (Å²) in [4.78, 5) is 2.37. The summed E-state index contributed by atoms with van der Waals surface area (Å²) >= 11 is 0. The van der Waals surface area contributed by atoms with Crippen LogP contribution in [0.4, 0.5) is 0 Å². The molecule has 0 aromatic heterocycles. The lowest BCUT2D eigenvalue weighted by atomic mass is 9.98. The summed E-state index contributed by atoms with van der Waals surface area (Å²) in [5, 5.41) is 0. The average molecular weight is 221 g/mol. The fraction of sp³-hybridized carbons (Fsp3) is 1.00. The summed E-state index contributed by atoms with van der Waals surface area (Å²) in [5.41, 5.74) is 0. The molecular weight excluding hydrogens is 202 g/mol. The van der Waals surface area contributed by atoms with E-state index in [9.17, 15) is 8.42 Å². The lowest BCUT2D eigenvalue weighted by molar-refractivity contribution is 0.149. The van der Waals surface area contributed by atoms with Gasteiger partial charge < -0.3 is 4.90 Å². The van der Waals surface area contributed by atoms with Crippen LogP contribution in [0.1, 0.15) is 19.8 Å². The van der Waals surface area contributed by atoms with E-state index in [-0.39, 0.29) is 0 Å². The molecule has 0 saturated carbocycles. The average Bonchev–Trinajstić information content (AvgIpc) is 2.14. The standard InChI is InChI=1S/C9H19NO3S/c1-3-10-6-4-9(5-7-10)8-13-14(2,11)12/h9H,3-8H2,1-2H3. The first-order valence-electron chi connectivity index (χ1n) is 5.08. The molecule has 0 aliphatic carbocycles. The van der Waals surface area contributed by atoms with Gasteiger partial charge in [0.15, 0.2) is 0 Å². The lowest BCUT2D eigenvalue weighted by Gasteiger charge is -2.30. The minimum atomic E-state index is -3.26. The van der Waals surface area contributed by atoms with Crippen LogP contribution in [-0.2, 0) is 14.3 Å². The molecule has 0 atom stereocenters. The van der Waals surface area contributed by atoms with Crippen molar-refractivity contribution in [2.24, 2.45) is 5.92 Å². The maximum absolute atomic E-state index is 10.8. The van der Waals surface area contributed by atoms with E-state index in [2.05, 4.69) is 11.8 Å². The molecule has 0 radical (unpaired) electrons. The summed E-state index contributed by atoms with van der Waals surface area (Å²) in [7, 11) is -3.26. The summed E-state index contributed by atoms with van der Waals surface area (Å²) < 4.78 is 26.3. The Bertz CT molecular complexity index is 255. The van der Waals surface area contributed by atoms with Gasteiger partial charge in [0.1, 0.15) is 0 Å². The molecule has 0 N–H and O–H groups in total. The molecule has 0 spiro atoms. The molecule has 1 aliphatic rings. The molecule has 4 nitrogen and oxygen atoms in total. The first kappa shape index (κ1) is 11.9. The van der Waals surface area contributed by atoms with Crippen molar-refractivity contribution in [2.45, 2.75) is 19.8 Å². The molecule has 0 unspecified atom stereocenters. The Morgan fingerprint density at radius 1 is 1.36 bits per heavy atom. The van der Waals surface area contributed by atoms with Crippen LogP contribution < -0.4 is 0 Å². The van der Waals surface area contributed by atoms with Crippen LogP contribution in [0, 0.1) is 5.92 Å². The molecule has 1 fully saturated rings. The van der Waals surface area contributed by atoms with Crippen molar-refractivity contribution in [3.8, 4) is 0 Å². The molecule has 0 amide bonds. The minimum Gasteiger partial charge on any atom is -0.304 e. The van der Waals surface area contributed by atoms with Crippen molar-refractivity contribution in [1.82, 2.24) is 4.90 Å². The monoisotopic (exact) mass is 221 g/mol. The van der Waals surface area contributed by atoms with E-state index in [1.807, 2.05) is 0 Å². The minimum absolute atomic E-state index is 0.358. The van der Waals surface area contributed by atoms with Gasteiger partial charge in [0.05, 0.1) is 12.9 Å². The van der Waals surface area contributed by atoms with Gasteiger partial charge in [0.2, 0.25) is 0 Å². The van der Waals surface area contributed by atoms with E-state index in [1.54, 1.807) is 0 Å². The van der Waals surface area contributed by atoms with Crippen molar-refractivity contribution in [1.29, 1.82) is 0 Å². The van der Waals surface area contributed by atoms with Gasteiger partial charge in [-0.15, -0.1) is 0 Å². The van der Waals surface area contributed by atoms with Gasteiger partial charge in [-0.3, -0.25) is 4.18 Å². The molecule has 0 aromatic carbocycles. The Morgan fingerprint density at radius 2 is 1.93 bits per heavy atom. The first-order chi connectivity index (χ1) is 6.51. The molecule has 1 heterocycles. The highest BCUT2D eigenvalue weighted by atomic mass is 32.2. The van der Waals surface area contributed by atoms with E-state index in [0.29, 0.717) is 12.5 Å². The fourth-order valence-electron chi connectivity index (χ4n) is 1.69. The van der Waals surface area contributed by atoms with E-state index >= 15 is 0 Å². The highest BCUT2D eigenvalue weighted by Gasteiger charge is 2.19. The fourth-order valence-corrected chi connectivity index (χ4v) is 2.13. The number of hydrogen-bond acceptors (Lipinski definition) is 4. The van der Waals surface area contributed by atoms with Crippen molar-refractivity contribution >= 4 is 10.1 Å². The zero-order valence-corrected chi connectivity index (χ0v) is 9.72. The van der Waals surface area contributed by atoms with Crippen LogP contribution in [0.25, 0.3) is 0 Å². The number of piperidine rings is 1. The highest BCUT2D eigenvalue weighted by Crippen LogP contribution is 2.17. The van der Waals surface area contributed by atoms with Crippen LogP contribution in [0.15, 0.2) is 0 Å². The molecule has 5 heteroatoms. The molecule has 1 aliphatic heterocycles. The van der Waals surface area contributed by atoms with Crippen LogP contribution in [0.2, 0.25) is 0 Å². The van der Waals surface area contributed by atoms with Crippen molar-refractivity contribution in [3.05, 3.63) is 0 Å². The Balaban J connectivity index is 2.23. The predicted octanol–water partition coefficient (Wildman–Crippen LogP) is 0.694. The van der Waals surface area contributed by atoms with Crippen molar-refractivity contribution in [3.63, 3.8) is 0 Å². The zero-order valence-electron chi connectivity index (χ0n) is 8.90. The van der Waals surface area contributed by atoms with Crippen molar-refractivity contribution < 1.29 is 12.6 Å². The molecule has 1 rings (SSSR count). The van der Waals surface area contributed by atoms with Gasteiger partial charge in [-0.25, -0.2) is 0 Å². The zero-order chi connectivity index (χ0) is 10.6. The third-order valence-electron chi connectivity index (χ3n) is 2.67. The second-order valence-corrected chi connectivity index (χ2v) is 5.51. The molecule has 14 heavy (non-hydrogen) atoms.